The highest BCUT2D eigenvalue weighted by atomic mass is 15.3. The number of rotatable bonds is 3. The molecule has 0 heterocycles. The Kier molecular flexibility index (Phi) is 4.78. The number of nitrogens with two attached hydrogens (primary N) is 1. The lowest BCUT2D eigenvalue weighted by Crippen LogP contribution is -2.34. The Hall–Kier alpha value is -0.570. The molecule has 0 aromatic heterocycles. The van der Waals surface area contributed by atoms with Gasteiger partial charge in [0.05, 0.1) is 6.04 Å². The zero-order chi connectivity index (χ0) is 12.2. The van der Waals surface area contributed by atoms with Gasteiger partial charge in [-0.2, -0.15) is 0 Å². The molecule has 3 heteroatoms. The summed E-state index contributed by atoms with van der Waals surface area (Å²) < 4.78 is 0. The zero-order valence-corrected chi connectivity index (χ0v) is 11.2. The Balaban J connectivity index is 2.53. The molecule has 0 bridgehead atoms. The predicted molar refractivity (Wildman–Crippen MR) is 70.3 cm³/mol. The quantitative estimate of drug-likeness (QED) is 0.336. The fourth-order valence-corrected chi connectivity index (χ4v) is 2.00. The van der Waals surface area contributed by atoms with Crippen LogP contribution in [0, 0.1) is 11.3 Å². The summed E-state index contributed by atoms with van der Waals surface area (Å²) in [6, 6.07) is 0.512. The number of hydrogen-bond acceptors (Lipinski definition) is 2. The van der Waals surface area contributed by atoms with Crippen LogP contribution in [0.25, 0.3) is 0 Å². The van der Waals surface area contributed by atoms with E-state index in [9.17, 15) is 0 Å². The average Bonchev–Trinajstić information content (AvgIpc) is 2.67. The molecule has 0 aromatic rings. The van der Waals surface area contributed by atoms with Gasteiger partial charge >= 0.3 is 0 Å². The van der Waals surface area contributed by atoms with E-state index in [0.29, 0.717) is 17.4 Å². The molecule has 1 rings (SSSR count). The maximum Gasteiger partial charge on any atom is 0.111 e. The summed E-state index contributed by atoms with van der Waals surface area (Å²) >= 11 is 0. The van der Waals surface area contributed by atoms with Gasteiger partial charge in [0.25, 0.3) is 0 Å². The second-order valence-electron chi connectivity index (χ2n) is 6.13. The van der Waals surface area contributed by atoms with Gasteiger partial charge in [-0.3, -0.25) is 4.99 Å². The molecule has 0 spiro atoms. The zero-order valence-electron chi connectivity index (χ0n) is 11.2. The van der Waals surface area contributed by atoms with Crippen LogP contribution in [0.3, 0.4) is 0 Å². The van der Waals surface area contributed by atoms with E-state index in [1.807, 2.05) is 0 Å². The van der Waals surface area contributed by atoms with Crippen molar-refractivity contribution < 1.29 is 0 Å². The largest absolute Gasteiger partial charge is 0.312 e. The molecule has 0 aromatic carbocycles. The van der Waals surface area contributed by atoms with Gasteiger partial charge in [0.15, 0.2) is 0 Å². The minimum atomic E-state index is 0.313. The molecular weight excluding hydrogens is 198 g/mol. The fourth-order valence-electron chi connectivity index (χ4n) is 2.00. The van der Waals surface area contributed by atoms with E-state index >= 15 is 0 Å². The molecule has 0 saturated heterocycles. The van der Waals surface area contributed by atoms with E-state index in [1.54, 1.807) is 0 Å². The smallest absolute Gasteiger partial charge is 0.111 e. The summed E-state index contributed by atoms with van der Waals surface area (Å²) in [6.07, 6.45) is 6.06. The summed E-state index contributed by atoms with van der Waals surface area (Å²) in [5.74, 6) is 7.13. The minimum Gasteiger partial charge on any atom is -0.312 e. The van der Waals surface area contributed by atoms with Gasteiger partial charge in [-0.25, -0.2) is 5.84 Å². The van der Waals surface area contributed by atoms with Crippen LogP contribution in [0.15, 0.2) is 4.99 Å². The summed E-state index contributed by atoms with van der Waals surface area (Å²) in [5.41, 5.74) is 3.09. The highest BCUT2D eigenvalue weighted by molar-refractivity contribution is 5.82. The molecule has 16 heavy (non-hydrogen) atoms. The van der Waals surface area contributed by atoms with Crippen molar-refractivity contribution in [1.29, 1.82) is 0 Å². The molecule has 0 aliphatic heterocycles. The Morgan fingerprint density at radius 1 is 1.38 bits per heavy atom. The standard InChI is InChI=1S/C13H27N3/c1-10(13(2,3)4)9-12(16-14)15-11-7-5-6-8-11/h10-11H,5-9,14H2,1-4H3,(H,15,16). The van der Waals surface area contributed by atoms with E-state index in [0.717, 1.165) is 12.3 Å². The average molecular weight is 225 g/mol. The van der Waals surface area contributed by atoms with Gasteiger partial charge < -0.3 is 5.43 Å². The Bertz CT molecular complexity index is 234. The van der Waals surface area contributed by atoms with E-state index in [4.69, 9.17) is 10.8 Å². The summed E-state index contributed by atoms with van der Waals surface area (Å²) in [5, 5.41) is 0. The first-order valence-corrected chi connectivity index (χ1v) is 6.46. The first-order valence-electron chi connectivity index (χ1n) is 6.46. The van der Waals surface area contributed by atoms with Crippen LogP contribution in [0.4, 0.5) is 0 Å². The normalized spacial score (nSPS) is 21.2. The topological polar surface area (TPSA) is 50.4 Å². The highest BCUT2D eigenvalue weighted by Gasteiger charge is 2.22. The van der Waals surface area contributed by atoms with E-state index in [1.165, 1.54) is 25.7 Å². The fraction of sp³-hybridized carbons (Fsp3) is 0.923. The monoisotopic (exact) mass is 225 g/mol. The highest BCUT2D eigenvalue weighted by Crippen LogP contribution is 2.28. The van der Waals surface area contributed by atoms with Crippen LogP contribution >= 0.6 is 0 Å². The molecule has 0 radical (unpaired) electrons. The second-order valence-corrected chi connectivity index (χ2v) is 6.13. The van der Waals surface area contributed by atoms with E-state index < -0.39 is 0 Å². The van der Waals surface area contributed by atoms with Crippen LogP contribution in [0.2, 0.25) is 0 Å². The van der Waals surface area contributed by atoms with Crippen molar-refractivity contribution in [2.24, 2.45) is 22.2 Å². The first kappa shape index (κ1) is 13.5. The molecule has 1 atom stereocenters. The number of hydrazine groups is 1. The minimum absolute atomic E-state index is 0.313. The van der Waals surface area contributed by atoms with Crippen molar-refractivity contribution in [2.45, 2.75) is 65.8 Å². The lowest BCUT2D eigenvalue weighted by Gasteiger charge is -2.27. The molecular formula is C13H27N3. The lowest BCUT2D eigenvalue weighted by atomic mass is 9.80. The maximum atomic E-state index is 5.56. The SMILES string of the molecule is CC(CC(=NC1CCCC1)NN)C(C)(C)C. The summed E-state index contributed by atoms with van der Waals surface area (Å²) in [6.45, 7) is 9.06. The summed E-state index contributed by atoms with van der Waals surface area (Å²) in [7, 11) is 0. The van der Waals surface area contributed by atoms with Gasteiger partial charge in [0.2, 0.25) is 0 Å². The van der Waals surface area contributed by atoms with Crippen LogP contribution in [0.5, 0.6) is 0 Å². The number of amidine groups is 1. The van der Waals surface area contributed by atoms with Crippen LogP contribution in [-0.4, -0.2) is 11.9 Å². The molecule has 1 aliphatic carbocycles. The molecule has 1 fully saturated rings. The molecule has 0 amide bonds. The van der Waals surface area contributed by atoms with Crippen LogP contribution in [-0.2, 0) is 0 Å². The van der Waals surface area contributed by atoms with Crippen molar-refractivity contribution in [2.75, 3.05) is 0 Å². The van der Waals surface area contributed by atoms with Crippen molar-refractivity contribution in [3.63, 3.8) is 0 Å². The molecule has 1 saturated carbocycles. The Labute approximate surface area is 99.9 Å². The van der Waals surface area contributed by atoms with Gasteiger partial charge in [0.1, 0.15) is 5.84 Å². The van der Waals surface area contributed by atoms with Gasteiger partial charge in [-0.15, -0.1) is 0 Å². The van der Waals surface area contributed by atoms with Crippen molar-refractivity contribution in [3.8, 4) is 0 Å². The summed E-state index contributed by atoms with van der Waals surface area (Å²) in [4.78, 5) is 4.73. The first-order chi connectivity index (χ1) is 7.43. The number of nitrogens with zero attached hydrogens (tertiary/aromatic N) is 1. The van der Waals surface area contributed by atoms with E-state index in [-0.39, 0.29) is 0 Å². The van der Waals surface area contributed by atoms with Gasteiger partial charge in [-0.1, -0.05) is 40.5 Å². The number of aliphatic imine (C=N–C) groups is 1. The van der Waals surface area contributed by atoms with Crippen molar-refractivity contribution >= 4 is 5.84 Å². The maximum absolute atomic E-state index is 5.56. The molecule has 1 unspecified atom stereocenters. The predicted octanol–water partition coefficient (Wildman–Crippen LogP) is 2.86. The van der Waals surface area contributed by atoms with Crippen LogP contribution in [0.1, 0.15) is 59.8 Å². The third-order valence-electron chi connectivity index (χ3n) is 3.81. The number of nitrogens with one attached hydrogen (secondary N) is 1. The molecule has 1 aliphatic rings. The third-order valence-corrected chi connectivity index (χ3v) is 3.81. The number of hydrogen-bond donors (Lipinski definition) is 2. The molecule has 94 valence electrons. The lowest BCUT2D eigenvalue weighted by molar-refractivity contribution is 0.267. The Morgan fingerprint density at radius 3 is 2.38 bits per heavy atom. The Morgan fingerprint density at radius 2 is 1.94 bits per heavy atom. The van der Waals surface area contributed by atoms with Crippen LogP contribution < -0.4 is 11.3 Å². The molecule has 3 N–H and O–H groups in total. The van der Waals surface area contributed by atoms with Crippen molar-refractivity contribution in [1.82, 2.24) is 5.43 Å². The van der Waals surface area contributed by atoms with Crippen molar-refractivity contribution in [3.05, 3.63) is 0 Å². The van der Waals surface area contributed by atoms with Gasteiger partial charge in [-0.05, 0) is 24.2 Å². The third kappa shape index (κ3) is 4.12. The van der Waals surface area contributed by atoms with E-state index in [2.05, 4.69) is 33.1 Å². The van der Waals surface area contributed by atoms with Gasteiger partial charge in [0, 0.05) is 6.42 Å². The molecule has 3 nitrogen and oxygen atoms in total. The second kappa shape index (κ2) is 5.67.